The highest BCUT2D eigenvalue weighted by atomic mass is 35.5. The van der Waals surface area contributed by atoms with Gasteiger partial charge in [0.25, 0.3) is 6.47 Å². The van der Waals surface area contributed by atoms with E-state index in [0.717, 1.165) is 16.7 Å². The highest BCUT2D eigenvalue weighted by Gasteiger charge is 2.04. The molecule has 0 bridgehead atoms. The van der Waals surface area contributed by atoms with Crippen molar-refractivity contribution in [3.63, 3.8) is 0 Å². The molecule has 0 amide bonds. The van der Waals surface area contributed by atoms with Gasteiger partial charge in [-0.1, -0.05) is 36.4 Å². The monoisotopic (exact) mass is 295 g/mol. The summed E-state index contributed by atoms with van der Waals surface area (Å²) in [7, 11) is 0. The third-order valence-corrected chi connectivity index (χ3v) is 2.78. The number of para-hydroxylation sites is 1. The highest BCUT2D eigenvalue weighted by molar-refractivity contribution is 8.16. The largest absolute Gasteiger partial charge is 0.452 e. The molecule has 2 aromatic carbocycles. The Morgan fingerprint density at radius 1 is 1.05 bits per heavy atom. The number of ether oxygens (including phenoxy) is 1. The van der Waals surface area contributed by atoms with Crippen LogP contribution >= 0.6 is 23.4 Å². The molecule has 0 unspecified atom stereocenters. The molecule has 3 nitrogen and oxygen atoms in total. The second-order valence-corrected chi connectivity index (χ2v) is 4.84. The number of benzene rings is 2. The van der Waals surface area contributed by atoms with Gasteiger partial charge in [-0.3, -0.25) is 9.59 Å². The maximum absolute atomic E-state index is 9.75. The molecule has 19 heavy (non-hydrogen) atoms. The Kier molecular flexibility index (Phi) is 7.39. The lowest BCUT2D eigenvalue weighted by Gasteiger charge is -1.92. The third kappa shape index (κ3) is 7.28. The molecule has 0 aromatic heterocycles. The zero-order valence-electron chi connectivity index (χ0n) is 9.90. The molecule has 0 saturated carbocycles. The van der Waals surface area contributed by atoms with E-state index < -0.39 is 0 Å². The van der Waals surface area contributed by atoms with Gasteiger partial charge in [-0.2, -0.15) is 0 Å². The molecule has 0 aliphatic carbocycles. The Labute approximate surface area is 120 Å². The first kappa shape index (κ1) is 15.3. The molecule has 1 N–H and O–H groups in total. The first-order valence-electron chi connectivity index (χ1n) is 5.32. The van der Waals surface area contributed by atoms with Crippen molar-refractivity contribution in [1.29, 1.82) is 0 Å². The number of carbonyl (C=O) groups excluding carboxylic acids is 2. The van der Waals surface area contributed by atoms with E-state index in [4.69, 9.17) is 16.4 Å². The van der Waals surface area contributed by atoms with E-state index in [1.807, 2.05) is 36.4 Å². The van der Waals surface area contributed by atoms with Crippen molar-refractivity contribution in [3.8, 4) is 5.75 Å². The number of halogens is 1. The molecular formula is C14H12ClO3S+. The van der Waals surface area contributed by atoms with Crippen molar-refractivity contribution in [2.75, 3.05) is 0 Å². The van der Waals surface area contributed by atoms with Crippen LogP contribution in [0.25, 0.3) is 0 Å². The van der Waals surface area contributed by atoms with Gasteiger partial charge in [0.1, 0.15) is 5.75 Å². The second kappa shape index (κ2) is 9.19. The minimum Gasteiger partial charge on any atom is -0.429 e. The van der Waals surface area contributed by atoms with E-state index in [0.29, 0.717) is 12.2 Å². The Morgan fingerprint density at radius 2 is 1.58 bits per heavy atom. The van der Waals surface area contributed by atoms with Crippen LogP contribution in [0, 0.1) is 0 Å². The molecule has 0 spiro atoms. The maximum atomic E-state index is 9.75. The Balaban J connectivity index is 0.000000191. The van der Waals surface area contributed by atoms with Gasteiger partial charge >= 0.3 is 4.57 Å². The van der Waals surface area contributed by atoms with Gasteiger partial charge in [0.05, 0.1) is 0 Å². The number of hydrogen-bond acceptors (Lipinski definition) is 3. The molecule has 2 rings (SSSR count). The maximum Gasteiger partial charge on any atom is 0.452 e. The first-order valence-corrected chi connectivity index (χ1v) is 6.51. The summed E-state index contributed by atoms with van der Waals surface area (Å²) >= 11 is 6.38. The van der Waals surface area contributed by atoms with Crippen LogP contribution in [0.2, 0.25) is 0 Å². The van der Waals surface area contributed by atoms with Crippen molar-refractivity contribution in [2.45, 2.75) is 4.90 Å². The van der Waals surface area contributed by atoms with Crippen LogP contribution in [-0.2, 0) is 4.79 Å². The summed E-state index contributed by atoms with van der Waals surface area (Å²) in [5.74, 6) is 0.576. The van der Waals surface area contributed by atoms with Gasteiger partial charge in [0, 0.05) is 28.3 Å². The molecule has 0 fully saturated rings. The van der Waals surface area contributed by atoms with Crippen molar-refractivity contribution in [1.82, 2.24) is 0 Å². The van der Waals surface area contributed by atoms with Crippen LogP contribution < -0.4 is 4.74 Å². The molecule has 0 aliphatic heterocycles. The predicted molar refractivity (Wildman–Crippen MR) is 78.2 cm³/mol. The van der Waals surface area contributed by atoms with Crippen LogP contribution in [0.1, 0.15) is 0 Å². The van der Waals surface area contributed by atoms with Crippen molar-refractivity contribution in [2.24, 2.45) is 0 Å². The van der Waals surface area contributed by atoms with E-state index in [1.165, 1.54) is 0 Å². The summed E-state index contributed by atoms with van der Waals surface area (Å²) in [5, 5.41) is 0. The quantitative estimate of drug-likeness (QED) is 0.375. The summed E-state index contributed by atoms with van der Waals surface area (Å²) in [6.07, 6.45) is 0. The van der Waals surface area contributed by atoms with E-state index in [2.05, 4.69) is 4.74 Å². The standard InChI is InChI=1S/C7H5ClOS.C7H6O2/c8-7(9)10-6-4-2-1-3-5-6;8-6-9-7-4-2-1-3-5-7/h1-5H;1-6H/p+1. The zero-order chi connectivity index (χ0) is 13.9. The minimum atomic E-state index is -0.147. The van der Waals surface area contributed by atoms with Gasteiger partial charge in [0.15, 0.2) is 0 Å². The van der Waals surface area contributed by atoms with Gasteiger partial charge in [-0.25, -0.2) is 0 Å². The summed E-state index contributed by atoms with van der Waals surface area (Å²) in [5.41, 5.74) is 0. The SMILES string of the molecule is O=COc1ccccc1.[OH+]=C(Cl)Sc1ccccc1. The predicted octanol–water partition coefficient (Wildman–Crippen LogP) is 3.70. The Bertz CT molecular complexity index is 503. The van der Waals surface area contributed by atoms with Gasteiger partial charge in [0.2, 0.25) is 0 Å². The average Bonchev–Trinajstić information content (AvgIpc) is 2.41. The lowest BCUT2D eigenvalue weighted by atomic mass is 10.3. The molecule has 98 valence electrons. The minimum absolute atomic E-state index is 0.147. The fourth-order valence-electron chi connectivity index (χ4n) is 1.14. The molecule has 0 saturated heterocycles. The molecular weight excluding hydrogens is 284 g/mol. The zero-order valence-corrected chi connectivity index (χ0v) is 11.5. The summed E-state index contributed by atoms with van der Waals surface area (Å²) in [6, 6.07) is 18.4. The smallest absolute Gasteiger partial charge is 0.429 e. The van der Waals surface area contributed by atoms with Gasteiger partial charge in [-0.15, -0.1) is 0 Å². The molecule has 5 heteroatoms. The van der Waals surface area contributed by atoms with Crippen molar-refractivity contribution < 1.29 is 14.3 Å². The lowest BCUT2D eigenvalue weighted by Crippen LogP contribution is -1.85. The van der Waals surface area contributed by atoms with Crippen LogP contribution in [0.15, 0.2) is 65.6 Å². The highest BCUT2D eigenvalue weighted by Crippen LogP contribution is 2.18. The molecule has 0 aliphatic rings. The van der Waals surface area contributed by atoms with E-state index in [-0.39, 0.29) is 4.57 Å². The van der Waals surface area contributed by atoms with Crippen molar-refractivity contribution in [3.05, 3.63) is 60.7 Å². The van der Waals surface area contributed by atoms with Crippen molar-refractivity contribution >= 4 is 34.4 Å². The topological polar surface area (TPSA) is 47.7 Å². The molecule has 0 heterocycles. The second-order valence-electron chi connectivity index (χ2n) is 3.20. The number of thioether (sulfide) groups is 1. The number of rotatable bonds is 3. The fourth-order valence-corrected chi connectivity index (χ4v) is 1.90. The summed E-state index contributed by atoms with van der Waals surface area (Å²) in [6.45, 7) is 0.412. The van der Waals surface area contributed by atoms with Crippen LogP contribution in [-0.4, -0.2) is 15.8 Å². The first-order chi connectivity index (χ1) is 9.22. The summed E-state index contributed by atoms with van der Waals surface area (Å²) < 4.78 is 4.38. The molecule has 0 radical (unpaired) electrons. The Morgan fingerprint density at radius 3 is 2.05 bits per heavy atom. The van der Waals surface area contributed by atoms with Crippen LogP contribution in [0.3, 0.4) is 0 Å². The van der Waals surface area contributed by atoms with Crippen LogP contribution in [0.5, 0.6) is 5.75 Å². The van der Waals surface area contributed by atoms with E-state index in [9.17, 15) is 4.79 Å². The average molecular weight is 296 g/mol. The van der Waals surface area contributed by atoms with E-state index >= 15 is 0 Å². The van der Waals surface area contributed by atoms with E-state index in [1.54, 1.807) is 24.3 Å². The van der Waals surface area contributed by atoms with Crippen LogP contribution in [0.4, 0.5) is 0 Å². The normalized spacial score (nSPS) is 8.89. The van der Waals surface area contributed by atoms with Gasteiger partial charge in [-0.05, 0) is 24.3 Å². The molecule has 2 aromatic rings. The fraction of sp³-hybridized carbons (Fsp3) is 0. The molecule has 0 atom stereocenters. The third-order valence-electron chi connectivity index (χ3n) is 1.87. The van der Waals surface area contributed by atoms with Gasteiger partial charge < -0.3 is 4.74 Å². The lowest BCUT2D eigenvalue weighted by molar-refractivity contribution is -0.120. The Hall–Kier alpha value is -1.78. The summed E-state index contributed by atoms with van der Waals surface area (Å²) in [4.78, 5) is 19.3. The number of hydrogen-bond donors (Lipinski definition) is 0. The number of carbonyl (C=O) groups is 1.